The smallest absolute Gasteiger partial charge is 0.315 e. The highest BCUT2D eigenvalue weighted by molar-refractivity contribution is 6.02. The summed E-state index contributed by atoms with van der Waals surface area (Å²) in [5, 5.41) is 4.19. The molecule has 0 bridgehead atoms. The Balaban J connectivity index is 1.49. The summed E-state index contributed by atoms with van der Waals surface area (Å²) in [4.78, 5) is 32.4. The number of hydrogen-bond donors (Lipinski definition) is 0. The lowest BCUT2D eigenvalue weighted by molar-refractivity contribution is -0.127. The predicted molar refractivity (Wildman–Crippen MR) is 86.1 cm³/mol. The van der Waals surface area contributed by atoms with Gasteiger partial charge in [0.15, 0.2) is 5.82 Å². The van der Waals surface area contributed by atoms with Crippen LogP contribution in [0.15, 0.2) is 36.7 Å². The second-order valence-electron chi connectivity index (χ2n) is 6.37. The van der Waals surface area contributed by atoms with E-state index in [9.17, 15) is 9.59 Å². The lowest BCUT2D eigenvalue weighted by atomic mass is 10.1. The monoisotopic (exact) mass is 325 g/mol. The highest BCUT2D eigenvalue weighted by Gasteiger charge is 2.45. The van der Waals surface area contributed by atoms with Crippen LogP contribution >= 0.6 is 0 Å². The minimum Gasteiger partial charge on any atom is -0.315 e. The fraction of sp³-hybridized carbons (Fsp3) is 0.412. The molecule has 2 aliphatic rings. The van der Waals surface area contributed by atoms with Gasteiger partial charge in [-0.3, -0.25) is 9.69 Å². The van der Waals surface area contributed by atoms with Gasteiger partial charge in [0.25, 0.3) is 5.91 Å². The summed E-state index contributed by atoms with van der Waals surface area (Å²) < 4.78 is 1.80. The molecule has 0 radical (unpaired) electrons. The van der Waals surface area contributed by atoms with E-state index in [1.165, 1.54) is 11.2 Å². The lowest BCUT2D eigenvalue weighted by Crippen LogP contribution is -2.36. The number of rotatable bonds is 4. The van der Waals surface area contributed by atoms with Crippen LogP contribution in [0.5, 0.6) is 0 Å². The quantitative estimate of drug-likeness (QED) is 0.804. The normalized spacial score (nSPS) is 23.2. The van der Waals surface area contributed by atoms with E-state index in [2.05, 4.69) is 10.1 Å². The summed E-state index contributed by atoms with van der Waals surface area (Å²) in [6, 6.07) is 9.60. The van der Waals surface area contributed by atoms with E-state index in [0.717, 1.165) is 12.0 Å². The molecule has 1 aromatic carbocycles. The van der Waals surface area contributed by atoms with E-state index in [1.807, 2.05) is 37.3 Å². The first-order valence-corrected chi connectivity index (χ1v) is 8.19. The van der Waals surface area contributed by atoms with Crippen molar-refractivity contribution < 1.29 is 9.59 Å². The van der Waals surface area contributed by atoms with Crippen LogP contribution in [0, 0.1) is 0 Å². The molecule has 3 amide bonds. The second-order valence-corrected chi connectivity index (χ2v) is 6.37. The zero-order valence-electron chi connectivity index (χ0n) is 13.5. The summed E-state index contributed by atoms with van der Waals surface area (Å²) >= 11 is 0. The molecule has 1 fully saturated rings. The number of aromatic nitrogens is 3. The third-order valence-corrected chi connectivity index (χ3v) is 4.78. The third kappa shape index (κ3) is 2.36. The first-order chi connectivity index (χ1) is 11.6. The molecule has 24 heavy (non-hydrogen) atoms. The number of carbonyl (C=O) groups is 2. The fourth-order valence-electron chi connectivity index (χ4n) is 3.54. The number of amides is 3. The molecule has 1 aromatic heterocycles. The van der Waals surface area contributed by atoms with Gasteiger partial charge in [0.05, 0.1) is 6.04 Å². The fourth-order valence-corrected chi connectivity index (χ4v) is 3.54. The van der Waals surface area contributed by atoms with Crippen molar-refractivity contribution in [2.45, 2.75) is 31.8 Å². The lowest BCUT2D eigenvalue weighted by Gasteiger charge is -2.21. The van der Waals surface area contributed by atoms with Crippen molar-refractivity contribution in [2.75, 3.05) is 13.1 Å². The topological polar surface area (TPSA) is 71.3 Å². The molecule has 3 heterocycles. The van der Waals surface area contributed by atoms with Crippen molar-refractivity contribution in [3.05, 3.63) is 48.0 Å². The zero-order valence-corrected chi connectivity index (χ0v) is 13.5. The van der Waals surface area contributed by atoms with Crippen LogP contribution in [0.3, 0.4) is 0 Å². The van der Waals surface area contributed by atoms with Crippen molar-refractivity contribution in [1.82, 2.24) is 24.6 Å². The largest absolute Gasteiger partial charge is 0.327 e. The highest BCUT2D eigenvalue weighted by atomic mass is 16.2. The predicted octanol–water partition coefficient (Wildman–Crippen LogP) is 1.79. The average Bonchev–Trinajstić information content (AvgIpc) is 3.24. The van der Waals surface area contributed by atoms with E-state index in [4.69, 9.17) is 0 Å². The molecular weight excluding hydrogens is 306 g/mol. The van der Waals surface area contributed by atoms with Crippen LogP contribution in [-0.4, -0.2) is 49.6 Å². The van der Waals surface area contributed by atoms with Crippen LogP contribution in [0.25, 0.3) is 0 Å². The summed E-state index contributed by atoms with van der Waals surface area (Å²) in [5.41, 5.74) is 1.16. The molecule has 0 saturated carbocycles. The van der Waals surface area contributed by atoms with Crippen LogP contribution in [-0.2, 0) is 11.2 Å². The number of hydrogen-bond acceptors (Lipinski definition) is 4. The number of imide groups is 1. The van der Waals surface area contributed by atoms with E-state index >= 15 is 0 Å². The summed E-state index contributed by atoms with van der Waals surface area (Å²) in [7, 11) is 0. The van der Waals surface area contributed by atoms with Crippen molar-refractivity contribution in [3.8, 4) is 0 Å². The van der Waals surface area contributed by atoms with Crippen molar-refractivity contribution in [1.29, 1.82) is 0 Å². The van der Waals surface area contributed by atoms with Gasteiger partial charge in [-0.1, -0.05) is 30.3 Å². The number of carbonyl (C=O) groups excluding carboxylic acids is 2. The van der Waals surface area contributed by atoms with Crippen LogP contribution in [0.2, 0.25) is 0 Å². The Labute approximate surface area is 139 Å². The Morgan fingerprint density at radius 3 is 2.79 bits per heavy atom. The standard InChI is InChI=1S/C17H19N5O2/c1-12-9-14(16-18-11-19-22(12)16)21-15(23)10-20(17(21)24)8-7-13-5-3-2-4-6-13/h2-6,11-12,14H,7-10H2,1H3. The van der Waals surface area contributed by atoms with Crippen LogP contribution < -0.4 is 0 Å². The van der Waals surface area contributed by atoms with Crippen molar-refractivity contribution >= 4 is 11.9 Å². The van der Waals surface area contributed by atoms with Gasteiger partial charge in [-0.25, -0.2) is 14.5 Å². The number of urea groups is 1. The molecule has 7 nitrogen and oxygen atoms in total. The number of fused-ring (bicyclic) bond motifs is 1. The van der Waals surface area contributed by atoms with Crippen molar-refractivity contribution in [3.63, 3.8) is 0 Å². The van der Waals surface area contributed by atoms with Crippen LogP contribution in [0.1, 0.15) is 36.8 Å². The highest BCUT2D eigenvalue weighted by Crippen LogP contribution is 2.38. The third-order valence-electron chi connectivity index (χ3n) is 4.78. The Morgan fingerprint density at radius 2 is 2.00 bits per heavy atom. The van der Waals surface area contributed by atoms with E-state index in [0.29, 0.717) is 18.8 Å². The summed E-state index contributed by atoms with van der Waals surface area (Å²) in [6.45, 7) is 2.71. The molecule has 2 aliphatic heterocycles. The molecule has 0 spiro atoms. The molecule has 7 heteroatoms. The molecule has 124 valence electrons. The molecule has 1 saturated heterocycles. The molecule has 2 aromatic rings. The summed E-state index contributed by atoms with van der Waals surface area (Å²) in [6.07, 6.45) is 2.90. The summed E-state index contributed by atoms with van der Waals surface area (Å²) in [5.74, 6) is 0.552. The minimum atomic E-state index is -0.302. The first-order valence-electron chi connectivity index (χ1n) is 8.19. The van der Waals surface area contributed by atoms with Gasteiger partial charge in [-0.05, 0) is 25.3 Å². The molecule has 4 rings (SSSR count). The van der Waals surface area contributed by atoms with E-state index in [1.54, 1.807) is 9.58 Å². The molecule has 0 aliphatic carbocycles. The number of benzene rings is 1. The van der Waals surface area contributed by atoms with Gasteiger partial charge < -0.3 is 4.90 Å². The average molecular weight is 325 g/mol. The molecule has 0 N–H and O–H groups in total. The first kappa shape index (κ1) is 14.9. The maximum atomic E-state index is 12.7. The SMILES string of the molecule is CC1CC(N2C(=O)CN(CCc3ccccc3)C2=O)c2ncnn21. The molecule has 2 atom stereocenters. The Bertz CT molecular complexity index is 772. The minimum absolute atomic E-state index is 0.144. The Kier molecular flexibility index (Phi) is 3.55. The van der Waals surface area contributed by atoms with E-state index < -0.39 is 0 Å². The van der Waals surface area contributed by atoms with Crippen LogP contribution in [0.4, 0.5) is 4.79 Å². The maximum absolute atomic E-state index is 12.7. The Morgan fingerprint density at radius 1 is 1.21 bits per heavy atom. The van der Waals surface area contributed by atoms with Crippen molar-refractivity contribution in [2.24, 2.45) is 0 Å². The Hall–Kier alpha value is -2.70. The zero-order chi connectivity index (χ0) is 16.7. The maximum Gasteiger partial charge on any atom is 0.327 e. The molecular formula is C17H19N5O2. The number of nitrogens with zero attached hydrogens (tertiary/aromatic N) is 5. The van der Waals surface area contributed by atoms with Gasteiger partial charge in [0.1, 0.15) is 18.9 Å². The van der Waals surface area contributed by atoms with E-state index in [-0.39, 0.29) is 30.6 Å². The van der Waals surface area contributed by atoms with Gasteiger partial charge in [0.2, 0.25) is 0 Å². The van der Waals surface area contributed by atoms with Gasteiger partial charge in [-0.2, -0.15) is 5.10 Å². The second kappa shape index (κ2) is 5.74. The van der Waals surface area contributed by atoms with Gasteiger partial charge in [0, 0.05) is 6.54 Å². The molecule has 2 unspecified atom stereocenters. The van der Waals surface area contributed by atoms with Gasteiger partial charge in [-0.15, -0.1) is 0 Å². The van der Waals surface area contributed by atoms with Gasteiger partial charge >= 0.3 is 6.03 Å².